The van der Waals surface area contributed by atoms with E-state index in [0.717, 1.165) is 19.4 Å². The van der Waals surface area contributed by atoms with Gasteiger partial charge < -0.3 is 9.47 Å². The predicted molar refractivity (Wildman–Crippen MR) is 62.8 cm³/mol. The molecule has 1 fully saturated rings. The van der Waals surface area contributed by atoms with Gasteiger partial charge in [-0.05, 0) is 25.7 Å². The highest BCUT2D eigenvalue weighted by Crippen LogP contribution is 2.25. The zero-order valence-electron chi connectivity index (χ0n) is 10.5. The highest BCUT2D eigenvalue weighted by atomic mass is 16.7. The lowest BCUT2D eigenvalue weighted by Gasteiger charge is -2.36. The van der Waals surface area contributed by atoms with Gasteiger partial charge in [-0.25, -0.2) is 0 Å². The first-order chi connectivity index (χ1) is 7.31. The third kappa shape index (κ3) is 4.12. The second kappa shape index (κ2) is 7.24. The molecule has 2 nitrogen and oxygen atoms in total. The van der Waals surface area contributed by atoms with Crippen molar-refractivity contribution in [2.45, 2.75) is 71.7 Å². The summed E-state index contributed by atoms with van der Waals surface area (Å²) in [7, 11) is 0. The molecule has 0 spiro atoms. The van der Waals surface area contributed by atoms with Crippen molar-refractivity contribution in [3.8, 4) is 0 Å². The lowest BCUT2D eigenvalue weighted by molar-refractivity contribution is -0.239. The van der Waals surface area contributed by atoms with Gasteiger partial charge >= 0.3 is 0 Å². The molecule has 0 aromatic carbocycles. The average Bonchev–Trinajstić information content (AvgIpc) is 2.29. The topological polar surface area (TPSA) is 18.5 Å². The van der Waals surface area contributed by atoms with E-state index in [9.17, 15) is 0 Å². The molecule has 3 unspecified atom stereocenters. The summed E-state index contributed by atoms with van der Waals surface area (Å²) in [6, 6.07) is 0. The van der Waals surface area contributed by atoms with E-state index in [4.69, 9.17) is 9.47 Å². The van der Waals surface area contributed by atoms with E-state index in [1.807, 2.05) is 0 Å². The number of rotatable bonds is 6. The molecule has 0 aliphatic carbocycles. The van der Waals surface area contributed by atoms with E-state index in [2.05, 4.69) is 20.8 Å². The van der Waals surface area contributed by atoms with Crippen LogP contribution >= 0.6 is 0 Å². The molecule has 0 aromatic heterocycles. The van der Waals surface area contributed by atoms with Crippen LogP contribution in [0, 0.1) is 5.92 Å². The van der Waals surface area contributed by atoms with Crippen LogP contribution in [0.5, 0.6) is 0 Å². The lowest BCUT2D eigenvalue weighted by atomic mass is 9.97. The molecule has 2 heteroatoms. The van der Waals surface area contributed by atoms with Crippen molar-refractivity contribution in [3.63, 3.8) is 0 Å². The van der Waals surface area contributed by atoms with Gasteiger partial charge in [0.1, 0.15) is 0 Å². The summed E-state index contributed by atoms with van der Waals surface area (Å²) in [5.41, 5.74) is 0. The minimum atomic E-state index is 0.0734. The Morgan fingerprint density at radius 3 is 2.47 bits per heavy atom. The molecule has 0 amide bonds. The molecule has 0 aromatic rings. The normalized spacial score (nSPS) is 31.8. The average molecular weight is 214 g/mol. The highest BCUT2D eigenvalue weighted by molar-refractivity contribution is 4.72. The van der Waals surface area contributed by atoms with Gasteiger partial charge in [-0.1, -0.05) is 33.6 Å². The summed E-state index contributed by atoms with van der Waals surface area (Å²) in [4.78, 5) is 0. The first-order valence-corrected chi connectivity index (χ1v) is 6.58. The Balaban J connectivity index is 2.26. The van der Waals surface area contributed by atoms with Gasteiger partial charge in [-0.15, -0.1) is 0 Å². The van der Waals surface area contributed by atoms with Gasteiger partial charge in [0, 0.05) is 5.92 Å². The summed E-state index contributed by atoms with van der Waals surface area (Å²) in [5.74, 6) is 0.609. The van der Waals surface area contributed by atoms with Gasteiger partial charge in [0.15, 0.2) is 6.29 Å². The Kier molecular flexibility index (Phi) is 6.26. The van der Waals surface area contributed by atoms with E-state index in [0.29, 0.717) is 12.0 Å². The largest absolute Gasteiger partial charge is 0.352 e. The number of ether oxygens (including phenoxy) is 2. The minimum Gasteiger partial charge on any atom is -0.352 e. The molecule has 15 heavy (non-hydrogen) atoms. The fraction of sp³-hybridized carbons (Fsp3) is 1.00. The van der Waals surface area contributed by atoms with E-state index in [-0.39, 0.29) is 6.29 Å². The highest BCUT2D eigenvalue weighted by Gasteiger charge is 2.28. The summed E-state index contributed by atoms with van der Waals surface area (Å²) in [6.45, 7) is 7.55. The van der Waals surface area contributed by atoms with E-state index >= 15 is 0 Å². The van der Waals surface area contributed by atoms with E-state index < -0.39 is 0 Å². The van der Waals surface area contributed by atoms with Crippen LogP contribution in [0.1, 0.15) is 59.3 Å². The third-order valence-electron chi connectivity index (χ3n) is 3.32. The van der Waals surface area contributed by atoms with Crippen LogP contribution in [0.15, 0.2) is 0 Å². The molecular formula is C13H26O2. The molecule has 1 heterocycles. The lowest BCUT2D eigenvalue weighted by Crippen LogP contribution is -2.39. The quantitative estimate of drug-likeness (QED) is 0.627. The van der Waals surface area contributed by atoms with Gasteiger partial charge in [0.05, 0.1) is 12.7 Å². The standard InChI is InChI=1S/C13H26O2/c1-4-7-8-9-13-14-10-11(5-2)12(6-3)15-13/h11-13H,4-10H2,1-3H3. The molecule has 3 atom stereocenters. The predicted octanol–water partition coefficient (Wildman–Crippen LogP) is 3.74. The Morgan fingerprint density at radius 1 is 1.07 bits per heavy atom. The Bertz CT molecular complexity index is 157. The Hall–Kier alpha value is -0.0800. The summed E-state index contributed by atoms with van der Waals surface area (Å²) >= 11 is 0. The van der Waals surface area contributed by atoms with Gasteiger partial charge in [0.25, 0.3) is 0 Å². The maximum absolute atomic E-state index is 5.96. The number of hydrogen-bond donors (Lipinski definition) is 0. The monoisotopic (exact) mass is 214 g/mol. The van der Waals surface area contributed by atoms with Crippen molar-refractivity contribution in [2.75, 3.05) is 6.61 Å². The zero-order chi connectivity index (χ0) is 11.1. The molecule has 0 saturated carbocycles. The second-order valence-electron chi connectivity index (χ2n) is 4.51. The van der Waals surface area contributed by atoms with Crippen LogP contribution in [0.3, 0.4) is 0 Å². The van der Waals surface area contributed by atoms with Crippen LogP contribution in [0.2, 0.25) is 0 Å². The molecule has 0 N–H and O–H groups in total. The molecular weight excluding hydrogens is 188 g/mol. The van der Waals surface area contributed by atoms with Crippen molar-refractivity contribution >= 4 is 0 Å². The number of hydrogen-bond acceptors (Lipinski definition) is 2. The van der Waals surface area contributed by atoms with Crippen LogP contribution in [-0.2, 0) is 9.47 Å². The van der Waals surface area contributed by atoms with Crippen molar-refractivity contribution in [3.05, 3.63) is 0 Å². The van der Waals surface area contributed by atoms with E-state index in [1.54, 1.807) is 0 Å². The molecule has 1 saturated heterocycles. The molecule has 1 rings (SSSR count). The van der Waals surface area contributed by atoms with Crippen LogP contribution in [0.4, 0.5) is 0 Å². The molecule has 1 aliphatic heterocycles. The van der Waals surface area contributed by atoms with E-state index in [1.165, 1.54) is 25.7 Å². The van der Waals surface area contributed by atoms with Gasteiger partial charge in [-0.2, -0.15) is 0 Å². The third-order valence-corrected chi connectivity index (χ3v) is 3.32. The van der Waals surface area contributed by atoms with Crippen LogP contribution < -0.4 is 0 Å². The first kappa shape index (κ1) is 13.0. The first-order valence-electron chi connectivity index (χ1n) is 6.58. The summed E-state index contributed by atoms with van der Waals surface area (Å²) in [6.07, 6.45) is 7.64. The molecule has 0 radical (unpaired) electrons. The SMILES string of the molecule is CCCCCC1OCC(CC)C(CC)O1. The molecule has 1 aliphatic rings. The maximum atomic E-state index is 5.96. The Labute approximate surface area is 94.3 Å². The van der Waals surface area contributed by atoms with Crippen molar-refractivity contribution < 1.29 is 9.47 Å². The van der Waals surface area contributed by atoms with Gasteiger partial charge in [0.2, 0.25) is 0 Å². The summed E-state index contributed by atoms with van der Waals surface area (Å²) < 4.78 is 11.7. The second-order valence-corrected chi connectivity index (χ2v) is 4.51. The maximum Gasteiger partial charge on any atom is 0.157 e. The summed E-state index contributed by atoms with van der Waals surface area (Å²) in [5, 5.41) is 0. The van der Waals surface area contributed by atoms with Crippen LogP contribution in [-0.4, -0.2) is 19.0 Å². The molecule has 90 valence electrons. The van der Waals surface area contributed by atoms with Crippen molar-refractivity contribution in [2.24, 2.45) is 5.92 Å². The fourth-order valence-corrected chi connectivity index (χ4v) is 2.21. The number of unbranched alkanes of at least 4 members (excludes halogenated alkanes) is 2. The zero-order valence-corrected chi connectivity index (χ0v) is 10.5. The fourth-order valence-electron chi connectivity index (χ4n) is 2.21. The van der Waals surface area contributed by atoms with Crippen molar-refractivity contribution in [1.29, 1.82) is 0 Å². The van der Waals surface area contributed by atoms with Crippen molar-refractivity contribution in [1.82, 2.24) is 0 Å². The van der Waals surface area contributed by atoms with Gasteiger partial charge in [-0.3, -0.25) is 0 Å². The van der Waals surface area contributed by atoms with Crippen LogP contribution in [0.25, 0.3) is 0 Å². The smallest absolute Gasteiger partial charge is 0.157 e. The Morgan fingerprint density at radius 2 is 1.87 bits per heavy atom. The minimum absolute atomic E-state index is 0.0734. The molecule has 0 bridgehead atoms.